The van der Waals surface area contributed by atoms with Gasteiger partial charge in [0.1, 0.15) is 0 Å². The molecule has 0 unspecified atom stereocenters. The molecule has 3 nitrogen and oxygen atoms in total. The Kier molecular flexibility index (Phi) is 5.93. The van der Waals surface area contributed by atoms with E-state index in [-0.39, 0.29) is 24.4 Å². The third-order valence-corrected chi connectivity index (χ3v) is 3.30. The van der Waals surface area contributed by atoms with Crippen LogP contribution in [-0.2, 0) is 11.2 Å². The van der Waals surface area contributed by atoms with Crippen LogP contribution in [0, 0.1) is 0 Å². The van der Waals surface area contributed by atoms with E-state index >= 15 is 0 Å². The van der Waals surface area contributed by atoms with E-state index in [9.17, 15) is 4.79 Å². The average Bonchev–Trinajstić information content (AvgIpc) is 2.29. The quantitative estimate of drug-likeness (QED) is 0.904. The molecule has 1 atom stereocenters. The summed E-state index contributed by atoms with van der Waals surface area (Å²) in [4.78, 5) is 14.1. The Morgan fingerprint density at radius 2 is 2.33 bits per heavy atom. The molecule has 1 heterocycles. The van der Waals surface area contributed by atoms with Crippen molar-refractivity contribution in [3.8, 4) is 0 Å². The van der Waals surface area contributed by atoms with E-state index in [1.807, 2.05) is 29.2 Å². The van der Waals surface area contributed by atoms with E-state index in [1.165, 1.54) is 0 Å². The number of amides is 1. The second-order valence-corrected chi connectivity index (χ2v) is 4.88. The lowest BCUT2D eigenvalue weighted by molar-refractivity contribution is -0.133. The first-order valence-corrected chi connectivity index (χ1v) is 6.29. The van der Waals surface area contributed by atoms with E-state index in [0.717, 1.165) is 25.2 Å². The van der Waals surface area contributed by atoms with E-state index in [2.05, 4.69) is 12.2 Å². The molecular weight excluding hydrogens is 271 g/mol. The molecule has 1 fully saturated rings. The van der Waals surface area contributed by atoms with Crippen molar-refractivity contribution in [1.82, 2.24) is 10.2 Å². The molecule has 2 rings (SSSR count). The zero-order chi connectivity index (χ0) is 12.3. The largest absolute Gasteiger partial charge is 0.337 e. The van der Waals surface area contributed by atoms with Crippen molar-refractivity contribution in [2.75, 3.05) is 19.6 Å². The van der Waals surface area contributed by atoms with E-state index < -0.39 is 0 Å². The number of nitrogens with zero attached hydrogens (tertiary/aromatic N) is 1. The van der Waals surface area contributed by atoms with Crippen LogP contribution in [0.3, 0.4) is 0 Å². The van der Waals surface area contributed by atoms with Crippen LogP contribution < -0.4 is 5.32 Å². The maximum absolute atomic E-state index is 12.1. The molecule has 0 spiro atoms. The second kappa shape index (κ2) is 6.98. The van der Waals surface area contributed by atoms with Gasteiger partial charge in [-0.3, -0.25) is 4.79 Å². The lowest BCUT2D eigenvalue weighted by Crippen LogP contribution is -2.52. The summed E-state index contributed by atoms with van der Waals surface area (Å²) >= 11 is 5.91. The lowest BCUT2D eigenvalue weighted by Gasteiger charge is -2.34. The number of halogens is 2. The summed E-state index contributed by atoms with van der Waals surface area (Å²) in [5.41, 5.74) is 0.980. The van der Waals surface area contributed by atoms with Gasteiger partial charge in [0.25, 0.3) is 0 Å². The van der Waals surface area contributed by atoms with Gasteiger partial charge in [0.05, 0.1) is 6.42 Å². The molecule has 1 aliphatic heterocycles. The van der Waals surface area contributed by atoms with Gasteiger partial charge in [-0.15, -0.1) is 12.4 Å². The van der Waals surface area contributed by atoms with E-state index in [4.69, 9.17) is 11.6 Å². The minimum absolute atomic E-state index is 0. The van der Waals surface area contributed by atoms with Gasteiger partial charge in [-0.25, -0.2) is 0 Å². The summed E-state index contributed by atoms with van der Waals surface area (Å²) in [5, 5.41) is 3.96. The highest BCUT2D eigenvalue weighted by Gasteiger charge is 2.22. The van der Waals surface area contributed by atoms with Crippen molar-refractivity contribution in [2.24, 2.45) is 0 Å². The Balaban J connectivity index is 0.00000162. The first-order chi connectivity index (χ1) is 8.16. The Hall–Kier alpha value is -0.770. The van der Waals surface area contributed by atoms with Crippen molar-refractivity contribution in [2.45, 2.75) is 19.4 Å². The van der Waals surface area contributed by atoms with Gasteiger partial charge >= 0.3 is 0 Å². The highest BCUT2D eigenvalue weighted by Crippen LogP contribution is 2.13. The lowest BCUT2D eigenvalue weighted by atomic mass is 10.1. The van der Waals surface area contributed by atoms with Gasteiger partial charge in [-0.1, -0.05) is 23.7 Å². The number of carbonyl (C=O) groups is 1. The highest BCUT2D eigenvalue weighted by molar-refractivity contribution is 6.30. The van der Waals surface area contributed by atoms with Gasteiger partial charge in [0, 0.05) is 30.7 Å². The predicted molar refractivity (Wildman–Crippen MR) is 76.4 cm³/mol. The number of hydrogen-bond donors (Lipinski definition) is 1. The molecule has 1 N–H and O–H groups in total. The van der Waals surface area contributed by atoms with Crippen LogP contribution in [0.1, 0.15) is 12.5 Å². The zero-order valence-electron chi connectivity index (χ0n) is 10.4. The Bertz CT molecular complexity index is 412. The molecule has 18 heavy (non-hydrogen) atoms. The van der Waals surface area contributed by atoms with Gasteiger partial charge in [0.2, 0.25) is 5.91 Å². The fourth-order valence-corrected chi connectivity index (χ4v) is 2.35. The fourth-order valence-electron chi connectivity index (χ4n) is 2.13. The van der Waals surface area contributed by atoms with Crippen LogP contribution in [0.5, 0.6) is 0 Å². The highest BCUT2D eigenvalue weighted by atomic mass is 35.5. The standard InChI is InChI=1S/C13H17ClN2O.ClH/c1-10-9-15-5-6-16(10)13(17)8-11-3-2-4-12(14)7-11;/h2-4,7,10,15H,5-6,8-9H2,1H3;1H/t10-;/m0./s1. The van der Waals surface area contributed by atoms with Crippen LogP contribution in [0.2, 0.25) is 5.02 Å². The molecule has 0 aromatic heterocycles. The summed E-state index contributed by atoms with van der Waals surface area (Å²) < 4.78 is 0. The SMILES string of the molecule is C[C@H]1CNCCN1C(=O)Cc1cccc(Cl)c1.Cl. The van der Waals surface area contributed by atoms with Crippen LogP contribution in [0.25, 0.3) is 0 Å². The summed E-state index contributed by atoms with van der Waals surface area (Å²) in [5.74, 6) is 0.182. The number of hydrogen-bond acceptors (Lipinski definition) is 2. The average molecular weight is 289 g/mol. The topological polar surface area (TPSA) is 32.3 Å². The summed E-state index contributed by atoms with van der Waals surface area (Å²) in [7, 11) is 0. The minimum Gasteiger partial charge on any atom is -0.337 e. The molecule has 0 aliphatic carbocycles. The molecular formula is C13H18Cl2N2O. The van der Waals surface area contributed by atoms with Gasteiger partial charge in [0.15, 0.2) is 0 Å². The summed E-state index contributed by atoms with van der Waals surface area (Å²) in [6.07, 6.45) is 0.435. The van der Waals surface area contributed by atoms with Crippen molar-refractivity contribution < 1.29 is 4.79 Å². The number of benzene rings is 1. The number of piperazine rings is 1. The van der Waals surface area contributed by atoms with Crippen molar-refractivity contribution >= 4 is 29.9 Å². The second-order valence-electron chi connectivity index (χ2n) is 4.45. The molecule has 0 bridgehead atoms. The fraction of sp³-hybridized carbons (Fsp3) is 0.462. The Morgan fingerprint density at radius 3 is 3.00 bits per heavy atom. The molecule has 0 radical (unpaired) electrons. The van der Waals surface area contributed by atoms with E-state index in [1.54, 1.807) is 0 Å². The Labute approximate surface area is 119 Å². The van der Waals surface area contributed by atoms with Crippen molar-refractivity contribution in [3.05, 3.63) is 34.9 Å². The normalized spacial score (nSPS) is 19.2. The maximum atomic E-state index is 12.1. The molecule has 1 amide bonds. The molecule has 1 aromatic carbocycles. The molecule has 5 heteroatoms. The van der Waals surface area contributed by atoms with Gasteiger partial charge in [-0.05, 0) is 24.6 Å². The minimum atomic E-state index is 0. The molecule has 0 saturated carbocycles. The maximum Gasteiger partial charge on any atom is 0.227 e. The smallest absolute Gasteiger partial charge is 0.227 e. The third kappa shape index (κ3) is 3.87. The van der Waals surface area contributed by atoms with Crippen molar-refractivity contribution in [1.29, 1.82) is 0 Å². The van der Waals surface area contributed by atoms with Crippen LogP contribution in [-0.4, -0.2) is 36.5 Å². The number of rotatable bonds is 2. The van der Waals surface area contributed by atoms with Gasteiger partial charge < -0.3 is 10.2 Å². The molecule has 1 saturated heterocycles. The first kappa shape index (κ1) is 15.3. The molecule has 1 aliphatic rings. The summed E-state index contributed by atoms with van der Waals surface area (Å²) in [6, 6.07) is 7.77. The van der Waals surface area contributed by atoms with Crippen LogP contribution in [0.4, 0.5) is 0 Å². The van der Waals surface area contributed by atoms with Gasteiger partial charge in [-0.2, -0.15) is 0 Å². The molecule has 100 valence electrons. The monoisotopic (exact) mass is 288 g/mol. The predicted octanol–water partition coefficient (Wildman–Crippen LogP) is 2.12. The van der Waals surface area contributed by atoms with Crippen LogP contribution in [0.15, 0.2) is 24.3 Å². The van der Waals surface area contributed by atoms with E-state index in [0.29, 0.717) is 11.4 Å². The third-order valence-electron chi connectivity index (χ3n) is 3.07. The number of nitrogens with one attached hydrogen (secondary N) is 1. The van der Waals surface area contributed by atoms with Crippen molar-refractivity contribution in [3.63, 3.8) is 0 Å². The Morgan fingerprint density at radius 1 is 1.56 bits per heavy atom. The first-order valence-electron chi connectivity index (χ1n) is 5.91. The molecule has 1 aromatic rings. The summed E-state index contributed by atoms with van der Waals surface area (Å²) in [6.45, 7) is 4.62. The van der Waals surface area contributed by atoms with Crippen LogP contribution >= 0.6 is 24.0 Å². The number of carbonyl (C=O) groups excluding carboxylic acids is 1. The zero-order valence-corrected chi connectivity index (χ0v) is 11.9.